The molecule has 1 saturated heterocycles. The Balaban J connectivity index is 2.12. The van der Waals surface area contributed by atoms with Crippen LogP contribution in [0, 0.1) is 0 Å². The Hall–Kier alpha value is -1.63. The number of nitrogens with one attached hydrogen (secondary N) is 1. The van der Waals surface area contributed by atoms with E-state index in [4.69, 9.17) is 15.2 Å². The highest BCUT2D eigenvalue weighted by Crippen LogP contribution is 2.24. The van der Waals surface area contributed by atoms with Crippen molar-refractivity contribution >= 4 is 11.9 Å². The Morgan fingerprint density at radius 2 is 2.06 bits per heavy atom. The third kappa shape index (κ3) is 3.19. The molecule has 2 heterocycles. The summed E-state index contributed by atoms with van der Waals surface area (Å²) in [6.45, 7) is 5.96. The monoisotopic (exact) mass is 253 g/mol. The molecule has 0 bridgehead atoms. The van der Waals surface area contributed by atoms with E-state index >= 15 is 0 Å². The van der Waals surface area contributed by atoms with E-state index in [2.05, 4.69) is 27.2 Å². The Morgan fingerprint density at radius 3 is 2.72 bits per heavy atom. The Morgan fingerprint density at radius 1 is 1.33 bits per heavy atom. The van der Waals surface area contributed by atoms with E-state index < -0.39 is 0 Å². The van der Waals surface area contributed by atoms with Crippen LogP contribution in [0.5, 0.6) is 6.01 Å². The highest BCUT2D eigenvalue weighted by molar-refractivity contribution is 5.35. The zero-order chi connectivity index (χ0) is 13.0. The molecule has 100 valence electrons. The van der Waals surface area contributed by atoms with Crippen LogP contribution in [0.3, 0.4) is 0 Å². The van der Waals surface area contributed by atoms with Crippen molar-refractivity contribution in [2.45, 2.75) is 32.2 Å². The van der Waals surface area contributed by atoms with E-state index in [9.17, 15) is 0 Å². The van der Waals surface area contributed by atoms with E-state index in [1.165, 1.54) is 0 Å². The molecule has 2 rings (SSSR count). The van der Waals surface area contributed by atoms with Crippen LogP contribution in [-0.2, 0) is 4.74 Å². The molecule has 18 heavy (non-hydrogen) atoms. The van der Waals surface area contributed by atoms with Gasteiger partial charge in [0, 0.05) is 18.8 Å². The van der Waals surface area contributed by atoms with Gasteiger partial charge in [-0.1, -0.05) is 0 Å². The van der Waals surface area contributed by atoms with E-state index in [1.807, 2.05) is 6.92 Å². The third-order valence-electron chi connectivity index (χ3n) is 2.92. The normalized spacial score (nSPS) is 18.3. The molecule has 0 aromatic carbocycles. The number of nitrogens with two attached hydrogens (primary N) is 1. The average Bonchev–Trinajstić information content (AvgIpc) is 2.28. The first-order valence-electron chi connectivity index (χ1n) is 6.11. The average molecular weight is 253 g/mol. The molecule has 7 heteroatoms. The molecule has 0 atom stereocenters. The predicted molar refractivity (Wildman–Crippen MR) is 67.5 cm³/mol. The SMILES string of the molecule is CCOc1nc(N)nc(NC2(C)CCOCC2)n1. The number of aromatic nitrogens is 3. The number of rotatable bonds is 4. The lowest BCUT2D eigenvalue weighted by Crippen LogP contribution is -2.41. The number of anilines is 2. The molecular weight excluding hydrogens is 234 g/mol. The second kappa shape index (κ2) is 5.34. The number of hydrogen-bond acceptors (Lipinski definition) is 7. The molecule has 0 unspecified atom stereocenters. The largest absolute Gasteiger partial charge is 0.464 e. The van der Waals surface area contributed by atoms with Gasteiger partial charge in [0.05, 0.1) is 6.61 Å². The summed E-state index contributed by atoms with van der Waals surface area (Å²) in [7, 11) is 0. The minimum absolute atomic E-state index is 0.0739. The highest BCUT2D eigenvalue weighted by Gasteiger charge is 2.28. The zero-order valence-electron chi connectivity index (χ0n) is 10.8. The number of nitrogens with zero attached hydrogens (tertiary/aromatic N) is 3. The summed E-state index contributed by atoms with van der Waals surface area (Å²) in [4.78, 5) is 12.2. The van der Waals surface area contributed by atoms with Crippen LogP contribution in [0.1, 0.15) is 26.7 Å². The molecule has 0 saturated carbocycles. The summed E-state index contributed by atoms with van der Waals surface area (Å²) in [5, 5.41) is 3.29. The van der Waals surface area contributed by atoms with E-state index in [1.54, 1.807) is 0 Å². The van der Waals surface area contributed by atoms with Gasteiger partial charge >= 0.3 is 6.01 Å². The molecule has 1 fully saturated rings. The fourth-order valence-electron chi connectivity index (χ4n) is 1.84. The van der Waals surface area contributed by atoms with Gasteiger partial charge in [0.1, 0.15) is 0 Å². The molecule has 0 spiro atoms. The molecular formula is C11H19N5O2. The standard InChI is InChI=1S/C11H19N5O2/c1-3-18-10-14-8(12)13-9(15-10)16-11(2)4-6-17-7-5-11/h3-7H2,1-2H3,(H3,12,13,14,15,16). The van der Waals surface area contributed by atoms with E-state index in [-0.39, 0.29) is 17.5 Å². The second-order valence-corrected chi connectivity index (χ2v) is 4.53. The summed E-state index contributed by atoms with van der Waals surface area (Å²) < 4.78 is 10.6. The van der Waals surface area contributed by atoms with Crippen LogP contribution in [0.4, 0.5) is 11.9 Å². The molecule has 0 radical (unpaired) electrons. The van der Waals surface area contributed by atoms with Gasteiger partial charge in [-0.05, 0) is 26.7 Å². The van der Waals surface area contributed by atoms with Gasteiger partial charge in [0.25, 0.3) is 0 Å². The number of nitrogen functional groups attached to an aromatic ring is 1. The van der Waals surface area contributed by atoms with E-state index in [0.717, 1.165) is 26.1 Å². The minimum Gasteiger partial charge on any atom is -0.464 e. The lowest BCUT2D eigenvalue weighted by atomic mass is 9.93. The van der Waals surface area contributed by atoms with Crippen molar-refractivity contribution in [3.63, 3.8) is 0 Å². The first-order chi connectivity index (χ1) is 8.61. The van der Waals surface area contributed by atoms with Crippen molar-refractivity contribution in [2.75, 3.05) is 30.9 Å². The van der Waals surface area contributed by atoms with Crippen molar-refractivity contribution < 1.29 is 9.47 Å². The van der Waals surface area contributed by atoms with E-state index in [0.29, 0.717) is 12.6 Å². The lowest BCUT2D eigenvalue weighted by Gasteiger charge is -2.34. The summed E-state index contributed by atoms with van der Waals surface area (Å²) in [5.74, 6) is 0.613. The quantitative estimate of drug-likeness (QED) is 0.820. The Bertz CT molecular complexity index is 406. The summed E-state index contributed by atoms with van der Waals surface area (Å²) in [6, 6.07) is 0.253. The predicted octanol–water partition coefficient (Wildman–Crippen LogP) is 0.833. The van der Waals surface area contributed by atoms with Crippen LogP contribution >= 0.6 is 0 Å². The summed E-state index contributed by atoms with van der Waals surface area (Å²) in [5.41, 5.74) is 5.56. The minimum atomic E-state index is -0.0739. The van der Waals surface area contributed by atoms with Crippen LogP contribution in [0.25, 0.3) is 0 Å². The maximum absolute atomic E-state index is 5.63. The van der Waals surface area contributed by atoms with Gasteiger partial charge in [0.15, 0.2) is 0 Å². The van der Waals surface area contributed by atoms with Crippen molar-refractivity contribution in [3.05, 3.63) is 0 Å². The third-order valence-corrected chi connectivity index (χ3v) is 2.92. The van der Waals surface area contributed by atoms with Crippen molar-refractivity contribution in [3.8, 4) is 6.01 Å². The van der Waals surface area contributed by atoms with Gasteiger partial charge in [-0.15, -0.1) is 0 Å². The number of hydrogen-bond donors (Lipinski definition) is 2. The summed E-state index contributed by atoms with van der Waals surface area (Å²) in [6.07, 6.45) is 1.81. The lowest BCUT2D eigenvalue weighted by molar-refractivity contribution is 0.0655. The summed E-state index contributed by atoms with van der Waals surface area (Å²) >= 11 is 0. The van der Waals surface area contributed by atoms with Crippen molar-refractivity contribution in [2.24, 2.45) is 0 Å². The maximum atomic E-state index is 5.63. The zero-order valence-corrected chi connectivity index (χ0v) is 10.8. The highest BCUT2D eigenvalue weighted by atomic mass is 16.5. The van der Waals surface area contributed by atoms with Crippen molar-refractivity contribution in [1.82, 2.24) is 15.0 Å². The van der Waals surface area contributed by atoms with Gasteiger partial charge in [-0.2, -0.15) is 15.0 Å². The Labute approximate surface area is 106 Å². The van der Waals surface area contributed by atoms with Crippen LogP contribution in [-0.4, -0.2) is 40.3 Å². The second-order valence-electron chi connectivity index (χ2n) is 4.53. The molecule has 0 aliphatic carbocycles. The fraction of sp³-hybridized carbons (Fsp3) is 0.727. The maximum Gasteiger partial charge on any atom is 0.323 e. The molecule has 3 N–H and O–H groups in total. The molecule has 1 aromatic rings. The van der Waals surface area contributed by atoms with Crippen LogP contribution in [0.15, 0.2) is 0 Å². The topological polar surface area (TPSA) is 95.2 Å². The molecule has 1 aliphatic rings. The molecule has 0 amide bonds. The van der Waals surface area contributed by atoms with Crippen molar-refractivity contribution in [1.29, 1.82) is 0 Å². The van der Waals surface area contributed by atoms with Gasteiger partial charge in [0.2, 0.25) is 11.9 Å². The first-order valence-corrected chi connectivity index (χ1v) is 6.11. The first kappa shape index (κ1) is 12.8. The smallest absolute Gasteiger partial charge is 0.323 e. The molecule has 7 nitrogen and oxygen atoms in total. The molecule has 1 aliphatic heterocycles. The Kier molecular flexibility index (Phi) is 3.81. The van der Waals surface area contributed by atoms with Gasteiger partial charge in [-0.3, -0.25) is 0 Å². The van der Waals surface area contributed by atoms with Crippen LogP contribution in [0.2, 0.25) is 0 Å². The fourth-order valence-corrected chi connectivity index (χ4v) is 1.84. The number of ether oxygens (including phenoxy) is 2. The van der Waals surface area contributed by atoms with Crippen LogP contribution < -0.4 is 15.8 Å². The van der Waals surface area contributed by atoms with Gasteiger partial charge < -0.3 is 20.5 Å². The molecule has 1 aromatic heterocycles. The van der Waals surface area contributed by atoms with Gasteiger partial charge in [-0.25, -0.2) is 0 Å².